The first-order chi connectivity index (χ1) is 9.81. The van der Waals surface area contributed by atoms with E-state index in [0.29, 0.717) is 11.4 Å². The summed E-state index contributed by atoms with van der Waals surface area (Å²) in [4.78, 5) is 4.77. The first kappa shape index (κ1) is 16.3. The molecule has 0 amide bonds. The predicted octanol–water partition coefficient (Wildman–Crippen LogP) is 3.79. The largest absolute Gasteiger partial charge is 0.324 e. The number of sulfone groups is 1. The molecule has 0 bridgehead atoms. The van der Waals surface area contributed by atoms with Crippen molar-refractivity contribution in [3.63, 3.8) is 0 Å². The van der Waals surface area contributed by atoms with Crippen LogP contribution in [0.15, 0.2) is 23.1 Å². The van der Waals surface area contributed by atoms with Crippen molar-refractivity contribution in [2.45, 2.75) is 44.0 Å². The standard InChI is InChI=1S/C15H21ClN2O2S/c1-5-11(10(2)3)18-12-7-6-8-13(21(4,19)20)15(12)17-14(18)9-16/h6-8,10-11H,5,9H2,1-4H3. The highest BCUT2D eigenvalue weighted by atomic mass is 35.5. The predicted molar refractivity (Wildman–Crippen MR) is 86.6 cm³/mol. The van der Waals surface area contributed by atoms with Gasteiger partial charge in [-0.3, -0.25) is 0 Å². The summed E-state index contributed by atoms with van der Waals surface area (Å²) in [6, 6.07) is 5.53. The van der Waals surface area contributed by atoms with Crippen LogP contribution in [-0.2, 0) is 15.7 Å². The lowest BCUT2D eigenvalue weighted by Crippen LogP contribution is -2.16. The second-order valence-electron chi connectivity index (χ2n) is 5.65. The van der Waals surface area contributed by atoms with E-state index < -0.39 is 9.84 Å². The number of rotatable bonds is 5. The molecule has 21 heavy (non-hydrogen) atoms. The van der Waals surface area contributed by atoms with Gasteiger partial charge < -0.3 is 4.57 Å². The molecule has 0 aliphatic rings. The average Bonchev–Trinajstić information content (AvgIpc) is 2.76. The van der Waals surface area contributed by atoms with Crippen molar-refractivity contribution in [1.29, 1.82) is 0 Å². The molecule has 0 radical (unpaired) electrons. The van der Waals surface area contributed by atoms with Crippen LogP contribution in [0.2, 0.25) is 0 Å². The van der Waals surface area contributed by atoms with Crippen molar-refractivity contribution in [3.05, 3.63) is 24.0 Å². The van der Waals surface area contributed by atoms with Gasteiger partial charge in [0.25, 0.3) is 0 Å². The molecule has 1 aromatic heterocycles. The van der Waals surface area contributed by atoms with Gasteiger partial charge >= 0.3 is 0 Å². The number of para-hydroxylation sites is 1. The number of hydrogen-bond acceptors (Lipinski definition) is 3. The van der Waals surface area contributed by atoms with Gasteiger partial charge in [0.15, 0.2) is 9.84 Å². The van der Waals surface area contributed by atoms with Crippen molar-refractivity contribution < 1.29 is 8.42 Å². The maximum Gasteiger partial charge on any atom is 0.177 e. The van der Waals surface area contributed by atoms with Crippen molar-refractivity contribution >= 4 is 32.5 Å². The van der Waals surface area contributed by atoms with E-state index in [4.69, 9.17) is 11.6 Å². The highest BCUT2D eigenvalue weighted by Crippen LogP contribution is 2.31. The first-order valence-electron chi connectivity index (χ1n) is 7.07. The van der Waals surface area contributed by atoms with Crippen LogP contribution in [0.1, 0.15) is 39.1 Å². The van der Waals surface area contributed by atoms with E-state index in [1.165, 1.54) is 6.26 Å². The Labute approximate surface area is 131 Å². The van der Waals surface area contributed by atoms with Gasteiger partial charge in [0, 0.05) is 12.3 Å². The number of benzene rings is 1. The highest BCUT2D eigenvalue weighted by Gasteiger charge is 2.23. The summed E-state index contributed by atoms with van der Waals surface area (Å²) >= 11 is 6.04. The van der Waals surface area contributed by atoms with E-state index in [9.17, 15) is 8.42 Å². The summed E-state index contributed by atoms with van der Waals surface area (Å²) in [7, 11) is -3.31. The molecule has 6 heteroatoms. The molecule has 0 fully saturated rings. The topological polar surface area (TPSA) is 52.0 Å². The monoisotopic (exact) mass is 328 g/mol. The maximum atomic E-state index is 11.9. The van der Waals surface area contributed by atoms with E-state index >= 15 is 0 Å². The number of halogens is 1. The normalized spacial score (nSPS) is 14.0. The molecule has 0 saturated heterocycles. The van der Waals surface area contributed by atoms with E-state index in [0.717, 1.165) is 17.8 Å². The Hall–Kier alpha value is -1.07. The molecular formula is C15H21ClN2O2S. The van der Waals surface area contributed by atoms with Crippen LogP contribution in [0, 0.1) is 5.92 Å². The number of alkyl halides is 1. The zero-order valence-corrected chi connectivity index (χ0v) is 14.4. The SMILES string of the molecule is CCC(C(C)C)n1c(CCl)nc2c(S(C)(=O)=O)cccc21. The van der Waals surface area contributed by atoms with Crippen molar-refractivity contribution in [2.75, 3.05) is 6.26 Å². The third kappa shape index (κ3) is 2.94. The molecule has 0 aliphatic heterocycles. The second kappa shape index (κ2) is 5.97. The minimum absolute atomic E-state index is 0.249. The Morgan fingerprint density at radius 1 is 1.33 bits per heavy atom. The smallest absolute Gasteiger partial charge is 0.177 e. The zero-order valence-electron chi connectivity index (χ0n) is 12.8. The quantitative estimate of drug-likeness (QED) is 0.785. The van der Waals surface area contributed by atoms with E-state index in [1.807, 2.05) is 6.07 Å². The Morgan fingerprint density at radius 2 is 2.00 bits per heavy atom. The van der Waals surface area contributed by atoms with E-state index in [1.54, 1.807) is 12.1 Å². The second-order valence-corrected chi connectivity index (χ2v) is 7.90. The molecule has 1 atom stereocenters. The molecule has 0 N–H and O–H groups in total. The number of hydrogen-bond donors (Lipinski definition) is 0. The molecule has 116 valence electrons. The Balaban J connectivity index is 2.83. The van der Waals surface area contributed by atoms with Crippen LogP contribution in [-0.4, -0.2) is 24.2 Å². The third-order valence-electron chi connectivity index (χ3n) is 3.79. The summed E-state index contributed by atoms with van der Waals surface area (Å²) in [6.07, 6.45) is 2.15. The Kier molecular flexibility index (Phi) is 4.63. The van der Waals surface area contributed by atoms with Gasteiger partial charge in [0.05, 0.1) is 16.3 Å². The maximum absolute atomic E-state index is 11.9. The number of nitrogens with zero attached hydrogens (tertiary/aromatic N) is 2. The fourth-order valence-corrected chi connectivity index (χ4v) is 3.87. The summed E-state index contributed by atoms with van der Waals surface area (Å²) in [5.74, 6) is 1.40. The zero-order chi connectivity index (χ0) is 15.8. The molecule has 2 aromatic rings. The van der Waals surface area contributed by atoms with E-state index in [2.05, 4.69) is 30.3 Å². The number of fused-ring (bicyclic) bond motifs is 1. The molecular weight excluding hydrogens is 308 g/mol. The molecule has 4 nitrogen and oxygen atoms in total. The molecule has 0 spiro atoms. The summed E-state index contributed by atoms with van der Waals surface area (Å²) < 4.78 is 26.0. The van der Waals surface area contributed by atoms with Gasteiger partial charge in [0.2, 0.25) is 0 Å². The minimum atomic E-state index is -3.31. The lowest BCUT2D eigenvalue weighted by Gasteiger charge is -2.23. The Morgan fingerprint density at radius 3 is 2.48 bits per heavy atom. The van der Waals surface area contributed by atoms with Gasteiger partial charge in [-0.1, -0.05) is 26.8 Å². The molecule has 1 unspecified atom stereocenters. The summed E-state index contributed by atoms with van der Waals surface area (Å²) in [5.41, 5.74) is 1.36. The number of imidazole rings is 1. The van der Waals surface area contributed by atoms with Crippen LogP contribution in [0.4, 0.5) is 0 Å². The first-order valence-corrected chi connectivity index (χ1v) is 9.49. The summed E-state index contributed by atoms with van der Waals surface area (Å²) in [6.45, 7) is 6.42. The minimum Gasteiger partial charge on any atom is -0.324 e. The lowest BCUT2D eigenvalue weighted by molar-refractivity contribution is 0.367. The fraction of sp³-hybridized carbons (Fsp3) is 0.533. The third-order valence-corrected chi connectivity index (χ3v) is 5.16. The van der Waals surface area contributed by atoms with Crippen LogP contribution < -0.4 is 0 Å². The van der Waals surface area contributed by atoms with Gasteiger partial charge in [-0.05, 0) is 24.5 Å². The van der Waals surface area contributed by atoms with Crippen LogP contribution in [0.5, 0.6) is 0 Å². The van der Waals surface area contributed by atoms with Gasteiger partial charge in [-0.25, -0.2) is 13.4 Å². The van der Waals surface area contributed by atoms with Crippen LogP contribution in [0.25, 0.3) is 11.0 Å². The molecule has 1 heterocycles. The average molecular weight is 329 g/mol. The van der Waals surface area contributed by atoms with Gasteiger partial charge in [0.1, 0.15) is 11.3 Å². The van der Waals surface area contributed by atoms with Crippen molar-refractivity contribution in [1.82, 2.24) is 9.55 Å². The van der Waals surface area contributed by atoms with Gasteiger partial charge in [-0.15, -0.1) is 11.6 Å². The van der Waals surface area contributed by atoms with Crippen LogP contribution in [0.3, 0.4) is 0 Å². The molecule has 0 saturated carbocycles. The van der Waals surface area contributed by atoms with Crippen molar-refractivity contribution in [2.24, 2.45) is 5.92 Å². The highest BCUT2D eigenvalue weighted by molar-refractivity contribution is 7.91. The molecule has 1 aromatic carbocycles. The fourth-order valence-electron chi connectivity index (χ4n) is 2.86. The van der Waals surface area contributed by atoms with E-state index in [-0.39, 0.29) is 16.8 Å². The number of aromatic nitrogens is 2. The van der Waals surface area contributed by atoms with Gasteiger partial charge in [-0.2, -0.15) is 0 Å². The molecule has 2 rings (SSSR count). The summed E-state index contributed by atoms with van der Waals surface area (Å²) in [5, 5.41) is 0. The van der Waals surface area contributed by atoms with Crippen molar-refractivity contribution in [3.8, 4) is 0 Å². The molecule has 0 aliphatic carbocycles. The van der Waals surface area contributed by atoms with Crippen LogP contribution >= 0.6 is 11.6 Å². The Bertz CT molecular complexity index is 750. The lowest BCUT2D eigenvalue weighted by atomic mass is 10.0.